The first-order valence-corrected chi connectivity index (χ1v) is 12.7. The summed E-state index contributed by atoms with van der Waals surface area (Å²) in [5.41, 5.74) is 1.02. The number of carbonyl (C=O) groups is 3. The van der Waals surface area contributed by atoms with Gasteiger partial charge in [-0.05, 0) is 43.2 Å². The molecular weight excluding hydrogens is 510 g/mol. The number of aliphatic hydroxyl groups is 1. The third-order valence-corrected chi connectivity index (χ3v) is 7.16. The number of ether oxygens (including phenoxy) is 3. The highest BCUT2D eigenvalue weighted by molar-refractivity contribution is 7.17. The third kappa shape index (κ3) is 4.97. The monoisotopic (exact) mass is 537 g/mol. The third-order valence-electron chi connectivity index (χ3n) is 6.02. The fourth-order valence-corrected chi connectivity index (χ4v) is 5.09. The average Bonchev–Trinajstić information content (AvgIpc) is 3.44. The van der Waals surface area contributed by atoms with Crippen LogP contribution in [0, 0.1) is 6.92 Å². The van der Waals surface area contributed by atoms with E-state index in [9.17, 15) is 19.5 Å². The van der Waals surface area contributed by atoms with E-state index in [0.717, 1.165) is 24.2 Å². The molecule has 198 valence electrons. The van der Waals surface area contributed by atoms with Crippen molar-refractivity contribution < 1.29 is 33.7 Å². The van der Waals surface area contributed by atoms with Crippen LogP contribution in [-0.4, -0.2) is 53.6 Å². The number of unbranched alkanes of at least 4 members (excludes halogenated alkanes) is 1. The molecule has 3 aromatic rings. The second-order valence-corrected chi connectivity index (χ2v) is 9.40. The molecule has 1 aliphatic heterocycles. The fourth-order valence-electron chi connectivity index (χ4n) is 4.08. The zero-order valence-electron chi connectivity index (χ0n) is 21.4. The first-order valence-electron chi connectivity index (χ1n) is 11.9. The molecule has 0 saturated carbocycles. The predicted octanol–water partition coefficient (Wildman–Crippen LogP) is 4.45. The molecule has 1 unspecified atom stereocenters. The summed E-state index contributed by atoms with van der Waals surface area (Å²) in [6.45, 7) is 4.17. The number of nitrogens with zero attached hydrogens (tertiary/aromatic N) is 3. The lowest BCUT2D eigenvalue weighted by Gasteiger charge is -2.24. The molecule has 1 atom stereocenters. The Labute approximate surface area is 223 Å². The molecular formula is C27H27N3O7S. The van der Waals surface area contributed by atoms with Crippen molar-refractivity contribution in [2.24, 2.45) is 0 Å². The molecule has 1 fully saturated rings. The van der Waals surface area contributed by atoms with E-state index < -0.39 is 23.7 Å². The van der Waals surface area contributed by atoms with Crippen molar-refractivity contribution in [3.05, 3.63) is 70.0 Å². The van der Waals surface area contributed by atoms with Crippen LogP contribution in [-0.2, 0) is 14.3 Å². The van der Waals surface area contributed by atoms with Gasteiger partial charge in [0.15, 0.2) is 16.6 Å². The van der Waals surface area contributed by atoms with Gasteiger partial charge in [-0.1, -0.05) is 30.7 Å². The van der Waals surface area contributed by atoms with Crippen LogP contribution in [0.25, 0.3) is 5.76 Å². The van der Waals surface area contributed by atoms with E-state index in [1.165, 1.54) is 43.6 Å². The standard InChI is InChI=1S/C27H27N3O7S/c1-5-6-13-37-18-8-7-17(14-19(18)35-3)21-20(22(31)16-9-11-28-12-10-16)23(32)25(33)30(21)27-29-15(2)24(38-27)26(34)36-4/h7-12,14,21,31H,5-6,13H2,1-4H3/b22-20+. The van der Waals surface area contributed by atoms with Gasteiger partial charge in [0.25, 0.3) is 5.78 Å². The Morgan fingerprint density at radius 1 is 1.13 bits per heavy atom. The molecule has 11 heteroatoms. The summed E-state index contributed by atoms with van der Waals surface area (Å²) in [6.07, 6.45) is 4.77. The van der Waals surface area contributed by atoms with Crippen molar-refractivity contribution >= 4 is 39.9 Å². The fraction of sp³-hybridized carbons (Fsp3) is 0.296. The first kappa shape index (κ1) is 26.8. The Bertz CT molecular complexity index is 1400. The van der Waals surface area contributed by atoms with Gasteiger partial charge in [0.1, 0.15) is 10.6 Å². The zero-order chi connectivity index (χ0) is 27.4. The zero-order valence-corrected chi connectivity index (χ0v) is 22.2. The number of Topliss-reactive ketones (excluding diaryl/α,β-unsaturated/α-hetero) is 1. The van der Waals surface area contributed by atoms with Crippen LogP contribution >= 0.6 is 11.3 Å². The number of benzene rings is 1. The van der Waals surface area contributed by atoms with Crippen molar-refractivity contribution in [3.8, 4) is 11.5 Å². The largest absolute Gasteiger partial charge is 0.507 e. The van der Waals surface area contributed by atoms with Gasteiger partial charge in [0.2, 0.25) is 0 Å². The maximum atomic E-state index is 13.4. The van der Waals surface area contributed by atoms with Gasteiger partial charge in [-0.2, -0.15) is 0 Å². The summed E-state index contributed by atoms with van der Waals surface area (Å²) in [5, 5.41) is 11.3. The molecule has 0 bridgehead atoms. The maximum absolute atomic E-state index is 13.4. The number of pyridine rings is 1. The minimum atomic E-state index is -1.06. The normalized spacial score (nSPS) is 16.5. The topological polar surface area (TPSA) is 128 Å². The van der Waals surface area contributed by atoms with Gasteiger partial charge < -0.3 is 19.3 Å². The van der Waals surface area contributed by atoms with Crippen LogP contribution in [0.5, 0.6) is 11.5 Å². The lowest BCUT2D eigenvalue weighted by atomic mass is 9.95. The van der Waals surface area contributed by atoms with E-state index in [0.29, 0.717) is 34.9 Å². The summed E-state index contributed by atoms with van der Waals surface area (Å²) >= 11 is 0.927. The number of methoxy groups -OCH3 is 2. The number of hydrogen-bond acceptors (Lipinski definition) is 10. The number of ketones is 1. The van der Waals surface area contributed by atoms with Crippen LogP contribution in [0.1, 0.15) is 52.3 Å². The van der Waals surface area contributed by atoms with E-state index in [1.54, 1.807) is 25.1 Å². The number of aliphatic hydroxyl groups excluding tert-OH is 1. The molecule has 2 aromatic heterocycles. The van der Waals surface area contributed by atoms with Crippen molar-refractivity contribution in [2.75, 3.05) is 25.7 Å². The second-order valence-electron chi connectivity index (χ2n) is 8.42. The van der Waals surface area contributed by atoms with E-state index in [-0.39, 0.29) is 21.3 Å². The molecule has 0 aliphatic carbocycles. The lowest BCUT2D eigenvalue weighted by molar-refractivity contribution is -0.132. The Morgan fingerprint density at radius 3 is 2.53 bits per heavy atom. The summed E-state index contributed by atoms with van der Waals surface area (Å²) in [5.74, 6) is -1.84. The summed E-state index contributed by atoms with van der Waals surface area (Å²) in [4.78, 5) is 48.8. The van der Waals surface area contributed by atoms with Gasteiger partial charge >= 0.3 is 11.9 Å². The predicted molar refractivity (Wildman–Crippen MR) is 141 cm³/mol. The van der Waals surface area contributed by atoms with E-state index >= 15 is 0 Å². The highest BCUT2D eigenvalue weighted by Gasteiger charge is 2.48. The van der Waals surface area contributed by atoms with Gasteiger partial charge in [0, 0.05) is 18.0 Å². The van der Waals surface area contributed by atoms with E-state index in [2.05, 4.69) is 16.9 Å². The number of rotatable bonds is 9. The molecule has 1 saturated heterocycles. The van der Waals surface area contributed by atoms with Gasteiger partial charge in [-0.25, -0.2) is 9.78 Å². The Hall–Kier alpha value is -4.25. The number of aryl methyl sites for hydroxylation is 1. The molecule has 3 heterocycles. The molecule has 38 heavy (non-hydrogen) atoms. The minimum absolute atomic E-state index is 0.117. The minimum Gasteiger partial charge on any atom is -0.507 e. The number of amides is 1. The van der Waals surface area contributed by atoms with Crippen LogP contribution in [0.2, 0.25) is 0 Å². The maximum Gasteiger partial charge on any atom is 0.350 e. The molecule has 1 aliphatic rings. The van der Waals surface area contributed by atoms with E-state index in [1.807, 2.05) is 0 Å². The smallest absolute Gasteiger partial charge is 0.350 e. The van der Waals surface area contributed by atoms with Crippen LogP contribution < -0.4 is 14.4 Å². The summed E-state index contributed by atoms with van der Waals surface area (Å²) in [6, 6.07) is 7.07. The summed E-state index contributed by atoms with van der Waals surface area (Å²) in [7, 11) is 2.74. The lowest BCUT2D eigenvalue weighted by Crippen LogP contribution is -2.29. The number of thiazole rings is 1. The number of carbonyl (C=O) groups excluding carboxylic acids is 3. The highest BCUT2D eigenvalue weighted by atomic mass is 32.1. The van der Waals surface area contributed by atoms with Gasteiger partial charge in [0.05, 0.1) is 38.1 Å². The quantitative estimate of drug-likeness (QED) is 0.138. The second kappa shape index (κ2) is 11.4. The van der Waals surface area contributed by atoms with Crippen molar-refractivity contribution in [1.29, 1.82) is 0 Å². The first-order chi connectivity index (χ1) is 18.3. The molecule has 1 N–H and O–H groups in total. The average molecular weight is 538 g/mol. The van der Waals surface area contributed by atoms with Gasteiger partial charge in [-0.15, -0.1) is 0 Å². The molecule has 4 rings (SSSR count). The van der Waals surface area contributed by atoms with Crippen LogP contribution in [0.15, 0.2) is 48.3 Å². The van der Waals surface area contributed by atoms with E-state index in [4.69, 9.17) is 14.2 Å². The summed E-state index contributed by atoms with van der Waals surface area (Å²) < 4.78 is 16.2. The van der Waals surface area contributed by atoms with Gasteiger partial charge in [-0.3, -0.25) is 19.5 Å². The molecule has 1 aromatic carbocycles. The Balaban J connectivity index is 1.90. The van der Waals surface area contributed by atoms with Crippen molar-refractivity contribution in [1.82, 2.24) is 9.97 Å². The molecule has 1 amide bonds. The number of aromatic nitrogens is 2. The molecule has 0 radical (unpaired) electrons. The Kier molecular flexibility index (Phi) is 8.06. The number of anilines is 1. The van der Waals surface area contributed by atoms with Crippen LogP contribution in [0.4, 0.5) is 5.13 Å². The SMILES string of the molecule is CCCCOc1ccc(C2/C(=C(\O)c3ccncc3)C(=O)C(=O)N2c2nc(C)c(C(=O)OC)s2)cc1OC. The van der Waals surface area contributed by atoms with Crippen molar-refractivity contribution in [2.45, 2.75) is 32.7 Å². The van der Waals surface area contributed by atoms with Crippen molar-refractivity contribution in [3.63, 3.8) is 0 Å². The Morgan fingerprint density at radius 2 is 1.87 bits per heavy atom. The highest BCUT2D eigenvalue weighted by Crippen LogP contribution is 2.45. The number of esters is 1. The van der Waals surface area contributed by atoms with Crippen LogP contribution in [0.3, 0.4) is 0 Å². The molecule has 10 nitrogen and oxygen atoms in total. The number of hydrogen-bond donors (Lipinski definition) is 1. The molecule has 0 spiro atoms.